The van der Waals surface area contributed by atoms with E-state index in [0.29, 0.717) is 12.0 Å². The molecule has 0 spiro atoms. The number of nitrogens with one attached hydrogen (secondary N) is 1. The van der Waals surface area contributed by atoms with Crippen molar-refractivity contribution in [2.24, 2.45) is 0 Å². The SMILES string of the molecule is Cc1cc(-c2[nH]c3ccc(C4CN(C(C)C)CCO4)cc3c2C(C)C)cn2ncnc12. The molecule has 0 saturated carbocycles. The number of hydrogen-bond acceptors (Lipinski definition) is 4. The first kappa shape index (κ1) is 20.2. The Bertz CT molecular complexity index is 1240. The van der Waals surface area contributed by atoms with Crippen LogP contribution in [0.4, 0.5) is 0 Å². The Balaban J connectivity index is 1.61. The van der Waals surface area contributed by atoms with Crippen LogP contribution in [-0.4, -0.2) is 50.2 Å². The Morgan fingerprint density at radius 3 is 2.77 bits per heavy atom. The maximum Gasteiger partial charge on any atom is 0.158 e. The highest BCUT2D eigenvalue weighted by molar-refractivity contribution is 5.92. The van der Waals surface area contributed by atoms with E-state index in [9.17, 15) is 0 Å². The molecule has 4 aromatic rings. The van der Waals surface area contributed by atoms with Crippen LogP contribution in [0.15, 0.2) is 36.8 Å². The van der Waals surface area contributed by atoms with E-state index in [-0.39, 0.29) is 6.10 Å². The van der Waals surface area contributed by atoms with Crippen LogP contribution in [-0.2, 0) is 4.74 Å². The summed E-state index contributed by atoms with van der Waals surface area (Å²) < 4.78 is 8.03. The molecule has 6 nitrogen and oxygen atoms in total. The summed E-state index contributed by atoms with van der Waals surface area (Å²) in [6.45, 7) is 13.9. The highest BCUT2D eigenvalue weighted by Crippen LogP contribution is 2.37. The third-order valence-electron chi connectivity index (χ3n) is 6.49. The van der Waals surface area contributed by atoms with Gasteiger partial charge in [0.2, 0.25) is 0 Å². The van der Waals surface area contributed by atoms with E-state index in [1.807, 2.05) is 4.52 Å². The van der Waals surface area contributed by atoms with Gasteiger partial charge in [-0.15, -0.1) is 0 Å². The maximum absolute atomic E-state index is 6.17. The largest absolute Gasteiger partial charge is 0.371 e. The number of fused-ring (bicyclic) bond motifs is 2. The van der Waals surface area contributed by atoms with E-state index in [4.69, 9.17) is 4.74 Å². The smallest absolute Gasteiger partial charge is 0.158 e. The Labute approximate surface area is 183 Å². The minimum absolute atomic E-state index is 0.118. The number of nitrogens with zero attached hydrogens (tertiary/aromatic N) is 4. The van der Waals surface area contributed by atoms with Gasteiger partial charge in [-0.25, -0.2) is 9.50 Å². The summed E-state index contributed by atoms with van der Waals surface area (Å²) in [5.74, 6) is 0.380. The van der Waals surface area contributed by atoms with Gasteiger partial charge in [-0.05, 0) is 61.6 Å². The van der Waals surface area contributed by atoms with Crippen molar-refractivity contribution in [2.45, 2.75) is 52.7 Å². The van der Waals surface area contributed by atoms with Gasteiger partial charge in [0, 0.05) is 41.8 Å². The number of rotatable bonds is 4. The van der Waals surface area contributed by atoms with Crippen LogP contribution in [0.25, 0.3) is 27.8 Å². The molecule has 0 amide bonds. The molecule has 1 fully saturated rings. The highest BCUT2D eigenvalue weighted by Gasteiger charge is 2.25. The normalized spacial score (nSPS) is 18.1. The molecule has 0 bridgehead atoms. The van der Waals surface area contributed by atoms with Gasteiger partial charge in [0.15, 0.2) is 5.65 Å². The number of aromatic nitrogens is 4. The number of aromatic amines is 1. The van der Waals surface area contributed by atoms with Crippen molar-refractivity contribution in [1.82, 2.24) is 24.5 Å². The van der Waals surface area contributed by atoms with Gasteiger partial charge in [-0.3, -0.25) is 4.90 Å². The van der Waals surface area contributed by atoms with Crippen LogP contribution >= 0.6 is 0 Å². The summed E-state index contributed by atoms with van der Waals surface area (Å²) in [6, 6.07) is 9.49. The average molecular weight is 418 g/mol. The zero-order chi connectivity index (χ0) is 21.7. The summed E-state index contributed by atoms with van der Waals surface area (Å²) in [5, 5.41) is 5.64. The van der Waals surface area contributed by atoms with Crippen LogP contribution in [0, 0.1) is 6.92 Å². The third-order valence-corrected chi connectivity index (χ3v) is 6.49. The molecular weight excluding hydrogens is 386 g/mol. The predicted octanol–water partition coefficient (Wildman–Crippen LogP) is 5.09. The number of hydrogen-bond donors (Lipinski definition) is 1. The molecule has 0 aliphatic carbocycles. The molecule has 0 radical (unpaired) electrons. The molecule has 1 atom stereocenters. The lowest BCUT2D eigenvalue weighted by Gasteiger charge is -2.35. The van der Waals surface area contributed by atoms with Gasteiger partial charge in [0.25, 0.3) is 0 Å². The predicted molar refractivity (Wildman–Crippen MR) is 125 cm³/mol. The lowest BCUT2D eigenvalue weighted by atomic mass is 9.94. The number of morpholine rings is 1. The molecule has 1 N–H and O–H groups in total. The molecule has 31 heavy (non-hydrogen) atoms. The summed E-state index contributed by atoms with van der Waals surface area (Å²) >= 11 is 0. The number of H-pyrrole nitrogens is 1. The van der Waals surface area contributed by atoms with Crippen molar-refractivity contribution >= 4 is 16.6 Å². The van der Waals surface area contributed by atoms with E-state index in [1.165, 1.54) is 16.5 Å². The minimum Gasteiger partial charge on any atom is -0.371 e. The molecule has 1 saturated heterocycles. The lowest BCUT2D eigenvalue weighted by molar-refractivity contribution is -0.0401. The third kappa shape index (κ3) is 3.54. The molecule has 5 rings (SSSR count). The molecule has 1 aromatic carbocycles. The van der Waals surface area contributed by atoms with Gasteiger partial charge in [-0.2, -0.15) is 5.10 Å². The molecule has 1 aliphatic rings. The van der Waals surface area contributed by atoms with Crippen molar-refractivity contribution in [1.29, 1.82) is 0 Å². The van der Waals surface area contributed by atoms with Crippen molar-refractivity contribution in [3.8, 4) is 11.3 Å². The Morgan fingerprint density at radius 1 is 1.16 bits per heavy atom. The molecule has 1 unspecified atom stereocenters. The van der Waals surface area contributed by atoms with Crippen LogP contribution in [0.3, 0.4) is 0 Å². The van der Waals surface area contributed by atoms with Gasteiger partial charge in [0.1, 0.15) is 6.33 Å². The van der Waals surface area contributed by atoms with Crippen LogP contribution in [0.2, 0.25) is 0 Å². The fraction of sp³-hybridized carbons (Fsp3) is 0.440. The molecule has 3 aromatic heterocycles. The standard InChI is InChI=1S/C25H31N5O/c1-15(2)23-20-11-18(22-13-29(16(3)4)8-9-31-22)6-7-21(20)28-24(23)19-10-17(5)25-26-14-27-30(25)12-19/h6-7,10-12,14-16,22,28H,8-9,13H2,1-5H3. The summed E-state index contributed by atoms with van der Waals surface area (Å²) in [5.41, 5.74) is 8.08. The Kier molecular flexibility index (Phi) is 5.07. The molecule has 4 heterocycles. The van der Waals surface area contributed by atoms with E-state index in [2.05, 4.69) is 85.0 Å². The zero-order valence-corrected chi connectivity index (χ0v) is 19.0. The average Bonchev–Trinajstić information content (AvgIpc) is 3.38. The number of benzene rings is 1. The fourth-order valence-electron chi connectivity index (χ4n) is 4.83. The van der Waals surface area contributed by atoms with Gasteiger partial charge >= 0.3 is 0 Å². The van der Waals surface area contributed by atoms with Crippen LogP contribution in [0.1, 0.15) is 56.4 Å². The zero-order valence-electron chi connectivity index (χ0n) is 19.0. The summed E-state index contributed by atoms with van der Waals surface area (Å²) in [4.78, 5) is 10.5. The lowest BCUT2D eigenvalue weighted by Crippen LogP contribution is -2.42. The van der Waals surface area contributed by atoms with Crippen LogP contribution in [0.5, 0.6) is 0 Å². The second kappa shape index (κ2) is 7.77. The van der Waals surface area contributed by atoms with Crippen molar-refractivity contribution in [3.05, 3.63) is 53.5 Å². The second-order valence-electron chi connectivity index (χ2n) is 9.26. The van der Waals surface area contributed by atoms with Gasteiger partial charge in [0.05, 0.1) is 18.4 Å². The fourth-order valence-corrected chi connectivity index (χ4v) is 4.83. The molecule has 162 valence electrons. The van der Waals surface area contributed by atoms with E-state index < -0.39 is 0 Å². The van der Waals surface area contributed by atoms with Crippen molar-refractivity contribution in [2.75, 3.05) is 19.7 Å². The van der Waals surface area contributed by atoms with Gasteiger partial charge < -0.3 is 9.72 Å². The topological polar surface area (TPSA) is 58.5 Å². The number of pyridine rings is 1. The minimum atomic E-state index is 0.118. The first-order valence-electron chi connectivity index (χ1n) is 11.2. The molecule has 6 heteroatoms. The number of ether oxygens (including phenoxy) is 1. The Hall–Kier alpha value is -2.70. The number of aryl methyl sites for hydroxylation is 1. The van der Waals surface area contributed by atoms with Crippen LogP contribution < -0.4 is 0 Å². The second-order valence-corrected chi connectivity index (χ2v) is 9.26. The van der Waals surface area contributed by atoms with E-state index in [0.717, 1.165) is 47.7 Å². The highest BCUT2D eigenvalue weighted by atomic mass is 16.5. The van der Waals surface area contributed by atoms with Crippen molar-refractivity contribution in [3.63, 3.8) is 0 Å². The van der Waals surface area contributed by atoms with Crippen molar-refractivity contribution < 1.29 is 4.74 Å². The summed E-state index contributed by atoms with van der Waals surface area (Å²) in [6.07, 6.45) is 3.79. The maximum atomic E-state index is 6.17. The van der Waals surface area contributed by atoms with E-state index >= 15 is 0 Å². The van der Waals surface area contributed by atoms with Gasteiger partial charge in [-0.1, -0.05) is 19.9 Å². The van der Waals surface area contributed by atoms with E-state index in [1.54, 1.807) is 6.33 Å². The quantitative estimate of drug-likeness (QED) is 0.502. The first-order valence-corrected chi connectivity index (χ1v) is 11.2. The Morgan fingerprint density at radius 2 is 2.00 bits per heavy atom. The molecular formula is C25H31N5O. The monoisotopic (exact) mass is 417 g/mol. The first-order chi connectivity index (χ1) is 14.9. The molecule has 1 aliphatic heterocycles. The summed E-state index contributed by atoms with van der Waals surface area (Å²) in [7, 11) is 0.